The van der Waals surface area contributed by atoms with Crippen LogP contribution in [0.3, 0.4) is 0 Å². The van der Waals surface area contributed by atoms with E-state index in [1.807, 2.05) is 12.1 Å². The number of hydrogen-bond donors (Lipinski definition) is 0. The van der Waals surface area contributed by atoms with Gasteiger partial charge in [-0.1, -0.05) is 6.07 Å². The maximum atomic E-state index is 13.3. The van der Waals surface area contributed by atoms with Gasteiger partial charge in [0.1, 0.15) is 18.2 Å². The van der Waals surface area contributed by atoms with E-state index in [1.165, 1.54) is 6.07 Å². The Morgan fingerprint density at radius 1 is 1.28 bits per heavy atom. The fourth-order valence-electron chi connectivity index (χ4n) is 1.38. The van der Waals surface area contributed by atoms with E-state index in [4.69, 9.17) is 9.47 Å². The quantitative estimate of drug-likeness (QED) is 0.865. The first-order valence-corrected chi connectivity index (χ1v) is 6.06. The topological polar surface area (TPSA) is 31.4 Å². The summed E-state index contributed by atoms with van der Waals surface area (Å²) in [5.74, 6) is 0.629. The largest absolute Gasteiger partial charge is 0.487 e. The maximum Gasteiger partial charge on any atom is 0.213 e. The summed E-state index contributed by atoms with van der Waals surface area (Å²) in [6.07, 6.45) is 0. The van der Waals surface area contributed by atoms with Crippen LogP contribution in [0.1, 0.15) is 5.69 Å². The lowest BCUT2D eigenvalue weighted by Crippen LogP contribution is -1.99. The predicted octanol–water partition coefficient (Wildman–Crippen LogP) is 3.57. The molecule has 2 aromatic rings. The molecule has 5 heteroatoms. The lowest BCUT2D eigenvalue weighted by molar-refractivity contribution is 0.296. The first-order valence-electron chi connectivity index (χ1n) is 5.27. The third-order valence-corrected chi connectivity index (χ3v) is 2.91. The molecule has 3 nitrogen and oxygen atoms in total. The second kappa shape index (κ2) is 5.82. The van der Waals surface area contributed by atoms with Gasteiger partial charge in [0.05, 0.1) is 17.3 Å². The minimum absolute atomic E-state index is 0.262. The summed E-state index contributed by atoms with van der Waals surface area (Å²) in [7, 11) is 1.55. The molecule has 94 valence electrons. The first kappa shape index (κ1) is 12.8. The standard InChI is InChI=1S/C13H11BrFNO2/c1-17-13-4-2-3-9(16-13)8-18-10-5-6-11(14)12(15)7-10/h2-7H,8H2,1H3. The van der Waals surface area contributed by atoms with Crippen LogP contribution in [0, 0.1) is 5.82 Å². The number of methoxy groups -OCH3 is 1. The number of benzene rings is 1. The van der Waals surface area contributed by atoms with Crippen LogP contribution in [-0.2, 0) is 6.61 Å². The van der Waals surface area contributed by atoms with Gasteiger partial charge in [-0.2, -0.15) is 0 Å². The van der Waals surface area contributed by atoms with Gasteiger partial charge < -0.3 is 9.47 Å². The SMILES string of the molecule is COc1cccc(COc2ccc(Br)c(F)c2)n1. The third-order valence-electron chi connectivity index (χ3n) is 2.27. The zero-order valence-electron chi connectivity index (χ0n) is 9.69. The van der Waals surface area contributed by atoms with Crippen molar-refractivity contribution in [2.24, 2.45) is 0 Å². The Balaban J connectivity index is 2.04. The van der Waals surface area contributed by atoms with E-state index in [0.717, 1.165) is 5.69 Å². The van der Waals surface area contributed by atoms with Crippen LogP contribution >= 0.6 is 15.9 Å². The Morgan fingerprint density at radius 3 is 2.83 bits per heavy atom. The van der Waals surface area contributed by atoms with Gasteiger partial charge in [0.15, 0.2) is 0 Å². The summed E-state index contributed by atoms with van der Waals surface area (Å²) >= 11 is 3.08. The molecule has 18 heavy (non-hydrogen) atoms. The van der Waals surface area contributed by atoms with Gasteiger partial charge >= 0.3 is 0 Å². The molecule has 0 saturated heterocycles. The summed E-state index contributed by atoms with van der Waals surface area (Å²) in [4.78, 5) is 4.20. The van der Waals surface area contributed by atoms with Crippen LogP contribution in [0.5, 0.6) is 11.6 Å². The van der Waals surface area contributed by atoms with Crippen LogP contribution in [-0.4, -0.2) is 12.1 Å². The van der Waals surface area contributed by atoms with Gasteiger partial charge in [0.25, 0.3) is 0 Å². The molecule has 0 spiro atoms. The fourth-order valence-corrected chi connectivity index (χ4v) is 1.62. The Hall–Kier alpha value is -1.62. The van der Waals surface area contributed by atoms with Gasteiger partial charge in [0, 0.05) is 12.1 Å². The highest BCUT2D eigenvalue weighted by Gasteiger charge is 2.03. The lowest BCUT2D eigenvalue weighted by atomic mass is 10.3. The molecular weight excluding hydrogens is 301 g/mol. The number of nitrogens with zero attached hydrogens (tertiary/aromatic N) is 1. The molecule has 0 aliphatic carbocycles. The van der Waals surface area contributed by atoms with Crippen molar-refractivity contribution in [3.8, 4) is 11.6 Å². The summed E-state index contributed by atoms with van der Waals surface area (Å²) in [6, 6.07) is 10.0. The average Bonchev–Trinajstić information content (AvgIpc) is 2.40. The van der Waals surface area contributed by atoms with Gasteiger partial charge in [-0.05, 0) is 34.1 Å². The number of pyridine rings is 1. The molecule has 0 aliphatic rings. The Kier molecular flexibility index (Phi) is 4.15. The molecule has 1 heterocycles. The first-order chi connectivity index (χ1) is 8.69. The van der Waals surface area contributed by atoms with Crippen molar-refractivity contribution in [1.29, 1.82) is 0 Å². The second-order valence-corrected chi connectivity index (χ2v) is 4.39. The Bertz CT molecular complexity index is 548. The van der Waals surface area contributed by atoms with E-state index in [9.17, 15) is 4.39 Å². The summed E-state index contributed by atoms with van der Waals surface area (Å²) in [5, 5.41) is 0. The molecular formula is C13H11BrFNO2. The molecule has 0 N–H and O–H groups in total. The van der Waals surface area contributed by atoms with Crippen LogP contribution in [0.2, 0.25) is 0 Å². The normalized spacial score (nSPS) is 10.2. The molecule has 2 rings (SSSR count). The van der Waals surface area contributed by atoms with Crippen molar-refractivity contribution >= 4 is 15.9 Å². The number of ether oxygens (including phenoxy) is 2. The number of rotatable bonds is 4. The van der Waals surface area contributed by atoms with Crippen molar-refractivity contribution in [1.82, 2.24) is 4.98 Å². The van der Waals surface area contributed by atoms with Crippen LogP contribution < -0.4 is 9.47 Å². The number of hydrogen-bond acceptors (Lipinski definition) is 3. The van der Waals surface area contributed by atoms with E-state index in [-0.39, 0.29) is 12.4 Å². The van der Waals surface area contributed by atoms with Crippen molar-refractivity contribution in [2.45, 2.75) is 6.61 Å². The van der Waals surface area contributed by atoms with Gasteiger partial charge in [0.2, 0.25) is 5.88 Å². The lowest BCUT2D eigenvalue weighted by Gasteiger charge is -2.07. The zero-order valence-corrected chi connectivity index (χ0v) is 11.3. The van der Waals surface area contributed by atoms with Gasteiger partial charge in [-0.15, -0.1) is 0 Å². The zero-order chi connectivity index (χ0) is 13.0. The molecule has 0 atom stereocenters. The van der Waals surface area contributed by atoms with E-state index < -0.39 is 0 Å². The van der Waals surface area contributed by atoms with Gasteiger partial charge in [-0.25, -0.2) is 9.37 Å². The minimum Gasteiger partial charge on any atom is -0.487 e. The second-order valence-electron chi connectivity index (χ2n) is 3.54. The Morgan fingerprint density at radius 2 is 2.11 bits per heavy atom. The molecule has 0 fully saturated rings. The molecule has 1 aromatic heterocycles. The molecule has 0 bridgehead atoms. The van der Waals surface area contributed by atoms with E-state index in [2.05, 4.69) is 20.9 Å². The number of aromatic nitrogens is 1. The molecule has 0 aliphatic heterocycles. The average molecular weight is 312 g/mol. The van der Waals surface area contributed by atoms with Crippen molar-refractivity contribution in [3.05, 3.63) is 52.4 Å². The smallest absolute Gasteiger partial charge is 0.213 e. The van der Waals surface area contributed by atoms with Crippen molar-refractivity contribution in [3.63, 3.8) is 0 Å². The predicted molar refractivity (Wildman–Crippen MR) is 69.2 cm³/mol. The minimum atomic E-state index is -0.355. The maximum absolute atomic E-state index is 13.3. The van der Waals surface area contributed by atoms with Crippen LogP contribution in [0.15, 0.2) is 40.9 Å². The van der Waals surface area contributed by atoms with Gasteiger partial charge in [-0.3, -0.25) is 0 Å². The summed E-state index contributed by atoms with van der Waals surface area (Å²) in [5.41, 5.74) is 0.720. The summed E-state index contributed by atoms with van der Waals surface area (Å²) in [6.45, 7) is 0.262. The molecule has 0 unspecified atom stereocenters. The monoisotopic (exact) mass is 311 g/mol. The van der Waals surface area contributed by atoms with E-state index >= 15 is 0 Å². The highest BCUT2D eigenvalue weighted by atomic mass is 79.9. The third kappa shape index (κ3) is 3.20. The molecule has 0 saturated carbocycles. The number of halogens is 2. The van der Waals surface area contributed by atoms with Crippen molar-refractivity contribution < 1.29 is 13.9 Å². The van der Waals surface area contributed by atoms with E-state index in [0.29, 0.717) is 16.1 Å². The molecule has 0 radical (unpaired) electrons. The highest BCUT2D eigenvalue weighted by Crippen LogP contribution is 2.21. The molecule has 0 amide bonds. The van der Waals surface area contributed by atoms with Crippen LogP contribution in [0.4, 0.5) is 4.39 Å². The van der Waals surface area contributed by atoms with Crippen molar-refractivity contribution in [2.75, 3.05) is 7.11 Å². The fraction of sp³-hybridized carbons (Fsp3) is 0.154. The highest BCUT2D eigenvalue weighted by molar-refractivity contribution is 9.10. The summed E-state index contributed by atoms with van der Waals surface area (Å²) < 4.78 is 24.1. The van der Waals surface area contributed by atoms with E-state index in [1.54, 1.807) is 25.3 Å². The Labute approximate surface area is 113 Å². The van der Waals surface area contributed by atoms with Crippen LogP contribution in [0.25, 0.3) is 0 Å². The molecule has 1 aromatic carbocycles.